The Kier molecular flexibility index (Phi) is 6.85. The van der Waals surface area contributed by atoms with Crippen LogP contribution in [0.4, 0.5) is 23.1 Å². The summed E-state index contributed by atoms with van der Waals surface area (Å²) in [5.74, 6) is 1.81. The number of carbonyl (C=O) groups is 1. The number of ether oxygens (including phenoxy) is 2. The van der Waals surface area contributed by atoms with E-state index >= 15 is 0 Å². The molecule has 0 saturated heterocycles. The minimum absolute atomic E-state index is 0.0130. The Labute approximate surface area is 191 Å². The van der Waals surface area contributed by atoms with E-state index in [-0.39, 0.29) is 5.91 Å². The SMILES string of the molecule is COc1cc2ccc1OCCNC(=O)CCCc1cccc(c1)Nc1nc(ncc1C#N)N2. The smallest absolute Gasteiger partial charge is 0.229 e. The van der Waals surface area contributed by atoms with Crippen LogP contribution in [0.3, 0.4) is 0 Å². The van der Waals surface area contributed by atoms with E-state index in [1.54, 1.807) is 19.2 Å². The second-order valence-corrected chi connectivity index (χ2v) is 7.44. The summed E-state index contributed by atoms with van der Waals surface area (Å²) >= 11 is 0. The van der Waals surface area contributed by atoms with E-state index in [1.165, 1.54) is 6.20 Å². The molecule has 2 aliphatic heterocycles. The van der Waals surface area contributed by atoms with Crippen molar-refractivity contribution in [3.05, 3.63) is 59.8 Å². The summed E-state index contributed by atoms with van der Waals surface area (Å²) < 4.78 is 11.2. The van der Waals surface area contributed by atoms with Gasteiger partial charge in [0.1, 0.15) is 18.2 Å². The molecular formula is C24H24N6O3. The molecule has 9 nitrogen and oxygen atoms in total. The van der Waals surface area contributed by atoms with Gasteiger partial charge in [-0.3, -0.25) is 4.79 Å². The van der Waals surface area contributed by atoms with Crippen LogP contribution in [0.5, 0.6) is 11.5 Å². The van der Waals surface area contributed by atoms with Crippen LogP contribution in [0.2, 0.25) is 0 Å². The number of anilines is 4. The van der Waals surface area contributed by atoms with Crippen LogP contribution in [0.15, 0.2) is 48.7 Å². The fourth-order valence-corrected chi connectivity index (χ4v) is 3.45. The highest BCUT2D eigenvalue weighted by Gasteiger charge is 2.11. The number of aromatic nitrogens is 2. The number of hydrogen-bond donors (Lipinski definition) is 3. The first-order valence-corrected chi connectivity index (χ1v) is 10.6. The number of nitriles is 1. The largest absolute Gasteiger partial charge is 0.493 e. The molecule has 1 aromatic heterocycles. The van der Waals surface area contributed by atoms with Crippen molar-refractivity contribution in [2.75, 3.05) is 30.9 Å². The van der Waals surface area contributed by atoms with Gasteiger partial charge in [-0.2, -0.15) is 10.2 Å². The first kappa shape index (κ1) is 21.9. The van der Waals surface area contributed by atoms with Crippen LogP contribution in [0.1, 0.15) is 24.0 Å². The Bertz CT molecular complexity index is 1190. The number of rotatable bonds is 1. The van der Waals surface area contributed by atoms with E-state index < -0.39 is 0 Å². The van der Waals surface area contributed by atoms with Gasteiger partial charge < -0.3 is 25.4 Å². The molecule has 0 atom stereocenters. The average Bonchev–Trinajstić information content (AvgIpc) is 2.82. The zero-order valence-corrected chi connectivity index (χ0v) is 18.2. The number of methoxy groups -OCH3 is 1. The normalized spacial score (nSPS) is 14.0. The van der Waals surface area contributed by atoms with Crippen LogP contribution in [0.25, 0.3) is 0 Å². The van der Waals surface area contributed by atoms with Gasteiger partial charge in [-0.25, -0.2) is 4.98 Å². The van der Waals surface area contributed by atoms with Gasteiger partial charge in [0.25, 0.3) is 0 Å². The highest BCUT2D eigenvalue weighted by Crippen LogP contribution is 2.31. The third-order valence-electron chi connectivity index (χ3n) is 5.07. The van der Waals surface area contributed by atoms with Gasteiger partial charge in [0, 0.05) is 23.9 Å². The maximum Gasteiger partial charge on any atom is 0.229 e. The summed E-state index contributed by atoms with van der Waals surface area (Å²) in [6, 6.07) is 15.3. The first-order chi connectivity index (χ1) is 16.1. The number of amides is 1. The molecule has 3 N–H and O–H groups in total. The lowest BCUT2D eigenvalue weighted by Gasteiger charge is -2.14. The lowest BCUT2D eigenvalue weighted by Crippen LogP contribution is -2.27. The van der Waals surface area contributed by atoms with Crippen LogP contribution < -0.4 is 25.4 Å². The van der Waals surface area contributed by atoms with E-state index in [0.717, 1.165) is 24.1 Å². The standard InChI is InChI=1S/C24H24N6O3/c1-32-21-13-19-8-9-20(21)33-11-10-26-22(31)7-3-5-16-4-2-6-18(12-16)28-23-17(14-25)15-27-24(29-19)30-23/h2,4,6,8-9,12-13,15H,3,5,7,10-11H2,1H3,(H,26,31)(H2,27,28,29,30). The minimum atomic E-state index is -0.0130. The monoisotopic (exact) mass is 444 g/mol. The maximum atomic E-state index is 12.1. The predicted octanol–water partition coefficient (Wildman–Crippen LogP) is 3.68. The highest BCUT2D eigenvalue weighted by atomic mass is 16.5. The van der Waals surface area contributed by atoms with Crippen LogP contribution >= 0.6 is 0 Å². The second-order valence-electron chi connectivity index (χ2n) is 7.44. The Balaban J connectivity index is 1.67. The van der Waals surface area contributed by atoms with Crippen molar-refractivity contribution in [2.45, 2.75) is 19.3 Å². The quantitative estimate of drug-likeness (QED) is 0.520. The topological polar surface area (TPSA) is 121 Å². The molecular weight excluding hydrogens is 420 g/mol. The average molecular weight is 444 g/mol. The summed E-state index contributed by atoms with van der Waals surface area (Å²) in [4.78, 5) is 20.9. The second kappa shape index (κ2) is 10.3. The molecule has 0 unspecified atom stereocenters. The molecule has 6 bridgehead atoms. The number of hydrogen-bond acceptors (Lipinski definition) is 8. The number of carbonyl (C=O) groups excluding carboxylic acids is 1. The molecule has 0 radical (unpaired) electrons. The van der Waals surface area contributed by atoms with Crippen LogP contribution in [-0.4, -0.2) is 36.1 Å². The van der Waals surface area contributed by atoms with E-state index in [1.807, 2.05) is 30.3 Å². The van der Waals surface area contributed by atoms with Crippen molar-refractivity contribution in [2.24, 2.45) is 0 Å². The van der Waals surface area contributed by atoms with Crippen molar-refractivity contribution in [3.8, 4) is 17.6 Å². The van der Waals surface area contributed by atoms with E-state index in [2.05, 4.69) is 32.0 Å². The summed E-state index contributed by atoms with van der Waals surface area (Å²) in [5.41, 5.74) is 2.91. The number of nitrogens with one attached hydrogen (secondary N) is 3. The lowest BCUT2D eigenvalue weighted by atomic mass is 10.1. The molecule has 3 heterocycles. The van der Waals surface area contributed by atoms with Gasteiger partial charge in [-0.05, 0) is 42.7 Å². The van der Waals surface area contributed by atoms with Crippen molar-refractivity contribution in [3.63, 3.8) is 0 Å². The zero-order valence-electron chi connectivity index (χ0n) is 18.2. The van der Waals surface area contributed by atoms with Gasteiger partial charge in [0.2, 0.25) is 11.9 Å². The molecule has 1 amide bonds. The maximum absolute atomic E-state index is 12.1. The molecule has 33 heavy (non-hydrogen) atoms. The summed E-state index contributed by atoms with van der Waals surface area (Å²) in [6.45, 7) is 0.730. The molecule has 0 fully saturated rings. The minimum Gasteiger partial charge on any atom is -0.493 e. The lowest BCUT2D eigenvalue weighted by molar-refractivity contribution is -0.121. The Morgan fingerprint density at radius 2 is 2.00 bits per heavy atom. The first-order valence-electron chi connectivity index (χ1n) is 10.6. The number of fused-ring (bicyclic) bond motifs is 9. The third-order valence-corrected chi connectivity index (χ3v) is 5.07. The van der Waals surface area contributed by atoms with Crippen LogP contribution in [-0.2, 0) is 11.2 Å². The number of benzene rings is 2. The Morgan fingerprint density at radius 1 is 1.12 bits per heavy atom. The molecule has 168 valence electrons. The highest BCUT2D eigenvalue weighted by molar-refractivity contribution is 5.75. The molecule has 9 heteroatoms. The summed E-state index contributed by atoms with van der Waals surface area (Å²) in [5, 5.41) is 18.7. The van der Waals surface area contributed by atoms with E-state index in [0.29, 0.717) is 54.1 Å². The fraction of sp³-hybridized carbons (Fsp3) is 0.250. The third kappa shape index (κ3) is 5.68. The Morgan fingerprint density at radius 3 is 2.85 bits per heavy atom. The zero-order chi connectivity index (χ0) is 23.0. The Hall–Kier alpha value is -4.32. The molecule has 2 aliphatic rings. The predicted molar refractivity (Wildman–Crippen MR) is 124 cm³/mol. The van der Waals surface area contributed by atoms with Gasteiger partial charge in [-0.1, -0.05) is 12.1 Å². The van der Waals surface area contributed by atoms with Crippen molar-refractivity contribution in [1.82, 2.24) is 15.3 Å². The molecule has 5 rings (SSSR count). The number of aryl methyl sites for hydroxylation is 1. The van der Waals surface area contributed by atoms with E-state index in [4.69, 9.17) is 9.47 Å². The summed E-state index contributed by atoms with van der Waals surface area (Å²) in [7, 11) is 1.56. The van der Waals surface area contributed by atoms with Crippen molar-refractivity contribution in [1.29, 1.82) is 5.26 Å². The molecule has 0 aliphatic carbocycles. The van der Waals surface area contributed by atoms with Gasteiger partial charge in [0.05, 0.1) is 19.9 Å². The fourth-order valence-electron chi connectivity index (χ4n) is 3.45. The molecule has 0 saturated carbocycles. The van der Waals surface area contributed by atoms with Gasteiger partial charge in [-0.15, -0.1) is 0 Å². The van der Waals surface area contributed by atoms with Crippen molar-refractivity contribution >= 4 is 29.0 Å². The van der Waals surface area contributed by atoms with Crippen LogP contribution in [0, 0.1) is 11.3 Å². The summed E-state index contributed by atoms with van der Waals surface area (Å²) in [6.07, 6.45) is 3.37. The van der Waals surface area contributed by atoms with Crippen molar-refractivity contribution < 1.29 is 14.3 Å². The van der Waals surface area contributed by atoms with Gasteiger partial charge in [0.15, 0.2) is 17.3 Å². The molecule has 0 spiro atoms. The van der Waals surface area contributed by atoms with Gasteiger partial charge >= 0.3 is 0 Å². The molecule has 2 aromatic carbocycles. The van der Waals surface area contributed by atoms with E-state index in [9.17, 15) is 10.1 Å². The molecule has 3 aromatic rings. The number of nitrogens with zero attached hydrogens (tertiary/aromatic N) is 3.